The van der Waals surface area contributed by atoms with Gasteiger partial charge in [0.1, 0.15) is 21.1 Å². The number of amides is 1. The normalized spacial score (nSPS) is 15.7. The highest BCUT2D eigenvalue weighted by Gasteiger charge is 2.28. The lowest BCUT2D eigenvalue weighted by Gasteiger charge is -2.33. The van der Waals surface area contributed by atoms with Crippen molar-refractivity contribution in [2.45, 2.75) is 59.0 Å². The summed E-state index contributed by atoms with van der Waals surface area (Å²) >= 11 is 3.46. The number of aryl methyl sites for hydroxylation is 2. The fourth-order valence-corrected chi connectivity index (χ4v) is 6.44. The van der Waals surface area contributed by atoms with Gasteiger partial charge in [-0.1, -0.05) is 0 Å². The van der Waals surface area contributed by atoms with E-state index in [1.165, 1.54) is 9.58 Å². The van der Waals surface area contributed by atoms with E-state index >= 15 is 0 Å². The van der Waals surface area contributed by atoms with Crippen LogP contribution in [-0.4, -0.2) is 49.3 Å². The molecule has 0 aliphatic carbocycles. The van der Waals surface area contributed by atoms with E-state index in [-0.39, 0.29) is 6.09 Å². The van der Waals surface area contributed by atoms with Gasteiger partial charge in [-0.3, -0.25) is 0 Å². The average molecular weight is 470 g/mol. The molecule has 0 radical (unpaired) electrons. The molecule has 32 heavy (non-hydrogen) atoms. The van der Waals surface area contributed by atoms with Gasteiger partial charge >= 0.3 is 6.09 Å². The third-order valence-corrected chi connectivity index (χ3v) is 7.95. The van der Waals surface area contributed by atoms with Crippen molar-refractivity contribution in [3.05, 3.63) is 34.5 Å². The standard InChI is InChI=1S/C23H27N5O2S2/c1-13-10-16(26-28-12-14(2)24-19(13)28)20-25-21-18(32-20)11-17(31-21)15-6-8-27(9-7-15)22(29)30-23(3,4)5/h10-12,15H,6-9H2,1-5H3. The number of hydrogen-bond donors (Lipinski definition) is 0. The summed E-state index contributed by atoms with van der Waals surface area (Å²) in [6.07, 6.45) is 3.65. The molecule has 0 N–H and O–H groups in total. The topological polar surface area (TPSA) is 72.6 Å². The summed E-state index contributed by atoms with van der Waals surface area (Å²) in [5.74, 6) is 0.467. The van der Waals surface area contributed by atoms with Crippen LogP contribution in [0.4, 0.5) is 4.79 Å². The van der Waals surface area contributed by atoms with Crippen molar-refractivity contribution < 1.29 is 9.53 Å². The molecule has 168 valence electrons. The van der Waals surface area contributed by atoms with Gasteiger partial charge < -0.3 is 9.64 Å². The largest absolute Gasteiger partial charge is 0.444 e. The second-order valence-corrected chi connectivity index (χ2v) is 11.5. The maximum atomic E-state index is 12.3. The monoisotopic (exact) mass is 469 g/mol. The minimum atomic E-state index is -0.454. The molecule has 0 bridgehead atoms. The van der Waals surface area contributed by atoms with E-state index in [1.807, 2.05) is 43.3 Å². The highest BCUT2D eigenvalue weighted by Crippen LogP contribution is 2.40. The maximum absolute atomic E-state index is 12.3. The Hall–Kier alpha value is -2.52. The summed E-state index contributed by atoms with van der Waals surface area (Å²) in [6, 6.07) is 4.35. The number of piperidine rings is 1. The van der Waals surface area contributed by atoms with Crippen LogP contribution >= 0.6 is 22.7 Å². The van der Waals surface area contributed by atoms with Crippen LogP contribution in [0, 0.1) is 13.8 Å². The smallest absolute Gasteiger partial charge is 0.410 e. The van der Waals surface area contributed by atoms with Crippen molar-refractivity contribution in [3.8, 4) is 10.7 Å². The van der Waals surface area contributed by atoms with Crippen LogP contribution in [0.1, 0.15) is 55.7 Å². The number of nitrogens with zero attached hydrogens (tertiary/aromatic N) is 5. The molecule has 0 atom stereocenters. The Morgan fingerprint density at radius 3 is 2.56 bits per heavy atom. The Balaban J connectivity index is 1.31. The van der Waals surface area contributed by atoms with Crippen LogP contribution in [0.3, 0.4) is 0 Å². The van der Waals surface area contributed by atoms with Crippen LogP contribution in [0.5, 0.6) is 0 Å². The predicted octanol–water partition coefficient (Wildman–Crippen LogP) is 5.80. The Morgan fingerprint density at radius 1 is 1.12 bits per heavy atom. The summed E-state index contributed by atoms with van der Waals surface area (Å²) in [5.41, 5.74) is 3.38. The zero-order chi connectivity index (χ0) is 22.6. The van der Waals surface area contributed by atoms with Gasteiger partial charge in [0.2, 0.25) is 0 Å². The van der Waals surface area contributed by atoms with Crippen LogP contribution in [0.25, 0.3) is 25.9 Å². The molecule has 5 heterocycles. The SMILES string of the molecule is Cc1cn2nc(-c3nc4sc(C5CCN(C(=O)OC(C)(C)C)CC5)cc4s3)cc(C)c2n1. The van der Waals surface area contributed by atoms with Gasteiger partial charge in [0, 0.05) is 18.0 Å². The van der Waals surface area contributed by atoms with Gasteiger partial charge in [-0.15, -0.1) is 22.7 Å². The number of ether oxygens (including phenoxy) is 1. The molecule has 9 heteroatoms. The quantitative estimate of drug-likeness (QED) is 0.371. The first-order valence-corrected chi connectivity index (χ1v) is 12.5. The van der Waals surface area contributed by atoms with Gasteiger partial charge in [-0.25, -0.2) is 19.3 Å². The first kappa shape index (κ1) is 21.3. The highest BCUT2D eigenvalue weighted by atomic mass is 32.1. The fraction of sp³-hybridized carbons (Fsp3) is 0.478. The van der Waals surface area contributed by atoms with E-state index in [4.69, 9.17) is 14.8 Å². The molecule has 1 fully saturated rings. The molecule has 1 aliphatic rings. The molecule has 4 aromatic heterocycles. The Kier molecular flexibility index (Phi) is 5.21. The number of fused-ring (bicyclic) bond motifs is 2. The van der Waals surface area contributed by atoms with Crippen LogP contribution in [0.2, 0.25) is 0 Å². The van der Waals surface area contributed by atoms with Crippen molar-refractivity contribution in [3.63, 3.8) is 0 Å². The molecule has 1 saturated heterocycles. The summed E-state index contributed by atoms with van der Waals surface area (Å²) < 4.78 is 8.57. The van der Waals surface area contributed by atoms with Crippen molar-refractivity contribution >= 4 is 43.9 Å². The molecule has 0 unspecified atom stereocenters. The number of imidazole rings is 1. The minimum Gasteiger partial charge on any atom is -0.444 e. The second kappa shape index (κ2) is 7.81. The van der Waals surface area contributed by atoms with Gasteiger partial charge in [0.15, 0.2) is 5.65 Å². The second-order valence-electron chi connectivity index (χ2n) is 9.44. The van der Waals surface area contributed by atoms with Crippen LogP contribution < -0.4 is 0 Å². The number of aromatic nitrogens is 4. The zero-order valence-electron chi connectivity index (χ0n) is 19.0. The van der Waals surface area contributed by atoms with Gasteiger partial charge in [0.25, 0.3) is 0 Å². The summed E-state index contributed by atoms with van der Waals surface area (Å²) in [5, 5.41) is 5.66. The minimum absolute atomic E-state index is 0.206. The third kappa shape index (κ3) is 4.11. The van der Waals surface area contributed by atoms with Crippen molar-refractivity contribution in [2.75, 3.05) is 13.1 Å². The van der Waals surface area contributed by atoms with Gasteiger partial charge in [-0.05, 0) is 71.1 Å². The Labute approximate surface area is 195 Å². The van der Waals surface area contributed by atoms with E-state index in [0.29, 0.717) is 5.92 Å². The molecular formula is C23H27N5O2S2. The fourth-order valence-electron chi connectivity index (χ4n) is 4.09. The summed E-state index contributed by atoms with van der Waals surface area (Å²) in [6.45, 7) is 11.2. The van der Waals surface area contributed by atoms with Crippen molar-refractivity contribution in [2.24, 2.45) is 0 Å². The van der Waals surface area contributed by atoms with E-state index < -0.39 is 5.60 Å². The third-order valence-electron chi connectivity index (χ3n) is 5.61. The summed E-state index contributed by atoms with van der Waals surface area (Å²) in [4.78, 5) is 26.0. The average Bonchev–Trinajstić information content (AvgIpc) is 3.39. The van der Waals surface area contributed by atoms with Crippen LogP contribution in [-0.2, 0) is 4.74 Å². The lowest BCUT2D eigenvalue weighted by Crippen LogP contribution is -2.41. The van der Waals surface area contributed by atoms with E-state index in [2.05, 4.69) is 24.0 Å². The number of thiophene rings is 1. The lowest BCUT2D eigenvalue weighted by atomic mass is 9.95. The Bertz CT molecular complexity index is 1270. The number of carbonyl (C=O) groups excluding carboxylic acids is 1. The van der Waals surface area contributed by atoms with Crippen molar-refractivity contribution in [1.82, 2.24) is 24.5 Å². The molecule has 4 aromatic rings. The molecule has 1 aliphatic heterocycles. The lowest BCUT2D eigenvalue weighted by molar-refractivity contribution is 0.0205. The number of thiazole rings is 1. The predicted molar refractivity (Wildman–Crippen MR) is 129 cm³/mol. The molecule has 0 spiro atoms. The molecule has 5 rings (SSSR count). The maximum Gasteiger partial charge on any atom is 0.410 e. The van der Waals surface area contributed by atoms with Gasteiger partial charge in [-0.2, -0.15) is 5.10 Å². The van der Waals surface area contributed by atoms with Gasteiger partial charge in [0.05, 0.1) is 16.6 Å². The zero-order valence-corrected chi connectivity index (χ0v) is 20.6. The van der Waals surface area contributed by atoms with E-state index in [1.54, 1.807) is 22.7 Å². The number of hydrogen-bond acceptors (Lipinski definition) is 7. The number of rotatable bonds is 2. The first-order chi connectivity index (χ1) is 15.2. The van der Waals surface area contributed by atoms with Crippen molar-refractivity contribution in [1.29, 1.82) is 0 Å². The molecule has 0 aromatic carbocycles. The Morgan fingerprint density at radius 2 is 1.88 bits per heavy atom. The van der Waals surface area contributed by atoms with E-state index in [0.717, 1.165) is 58.4 Å². The van der Waals surface area contributed by atoms with Crippen LogP contribution in [0.15, 0.2) is 18.3 Å². The molecule has 7 nitrogen and oxygen atoms in total. The molecular weight excluding hydrogens is 442 g/mol. The number of likely N-dealkylation sites (tertiary alicyclic amines) is 1. The first-order valence-electron chi connectivity index (χ1n) is 10.9. The summed E-state index contributed by atoms with van der Waals surface area (Å²) in [7, 11) is 0. The molecule has 1 amide bonds. The highest BCUT2D eigenvalue weighted by molar-refractivity contribution is 7.28. The van der Waals surface area contributed by atoms with E-state index in [9.17, 15) is 4.79 Å². The number of carbonyl (C=O) groups is 1. The molecule has 0 saturated carbocycles.